The molecular weight excluding hydrogens is 477 g/mol. The zero-order valence-electron chi connectivity index (χ0n) is 19.1. The summed E-state index contributed by atoms with van der Waals surface area (Å²) in [7, 11) is 0. The maximum absolute atomic E-state index is 13.3. The SMILES string of the molecule is C/C(N)=C(/C#N)C(=O)COC(=O)CCc1nc2cc(C(F)(F)F)ccc2n(Cc2ccccc2)c1=O. The van der Waals surface area contributed by atoms with E-state index in [1.807, 2.05) is 0 Å². The number of aryl methyl sites for hydroxylation is 1. The highest BCUT2D eigenvalue weighted by atomic mass is 19.4. The van der Waals surface area contributed by atoms with Crippen molar-refractivity contribution in [2.45, 2.75) is 32.5 Å². The number of rotatable bonds is 8. The number of nitriles is 1. The molecule has 0 bridgehead atoms. The van der Waals surface area contributed by atoms with Gasteiger partial charge in [-0.3, -0.25) is 14.4 Å². The second kappa shape index (κ2) is 10.9. The molecule has 0 fully saturated rings. The number of nitrogens with zero attached hydrogens (tertiary/aromatic N) is 3. The minimum absolute atomic E-state index is 0.0175. The van der Waals surface area contributed by atoms with Crippen molar-refractivity contribution in [3.63, 3.8) is 0 Å². The van der Waals surface area contributed by atoms with Crippen LogP contribution in [0, 0.1) is 11.3 Å². The van der Waals surface area contributed by atoms with E-state index in [1.54, 1.807) is 36.4 Å². The maximum Gasteiger partial charge on any atom is 0.416 e. The smallest absolute Gasteiger partial charge is 0.416 e. The highest BCUT2D eigenvalue weighted by Gasteiger charge is 2.31. The Labute approximate surface area is 203 Å². The summed E-state index contributed by atoms with van der Waals surface area (Å²) in [5.74, 6) is -1.63. The van der Waals surface area contributed by atoms with Crippen LogP contribution in [0.2, 0.25) is 0 Å². The molecule has 0 aliphatic carbocycles. The summed E-state index contributed by atoms with van der Waals surface area (Å²) in [5.41, 5.74) is 4.37. The first kappa shape index (κ1) is 26.2. The van der Waals surface area contributed by atoms with Crippen molar-refractivity contribution in [2.75, 3.05) is 6.61 Å². The molecule has 0 saturated heterocycles. The lowest BCUT2D eigenvalue weighted by Gasteiger charge is -2.14. The average Bonchev–Trinajstić information content (AvgIpc) is 2.83. The molecule has 0 amide bonds. The molecule has 3 rings (SSSR count). The summed E-state index contributed by atoms with van der Waals surface area (Å²) in [6, 6.07) is 13.4. The molecule has 36 heavy (non-hydrogen) atoms. The fraction of sp³-hybridized carbons (Fsp3) is 0.240. The Morgan fingerprint density at radius 1 is 1.17 bits per heavy atom. The number of fused-ring (bicyclic) bond motifs is 1. The van der Waals surface area contributed by atoms with Crippen LogP contribution in [0.1, 0.15) is 30.2 Å². The zero-order valence-corrected chi connectivity index (χ0v) is 19.1. The second-order valence-corrected chi connectivity index (χ2v) is 7.89. The average molecular weight is 498 g/mol. The Balaban J connectivity index is 1.89. The third-order valence-electron chi connectivity index (χ3n) is 5.24. The number of hydrogen-bond acceptors (Lipinski definition) is 7. The third kappa shape index (κ3) is 6.15. The number of alkyl halides is 3. The Hall–Kier alpha value is -4.46. The highest BCUT2D eigenvalue weighted by Crippen LogP contribution is 2.31. The first-order valence-electron chi connectivity index (χ1n) is 10.7. The number of allylic oxidation sites excluding steroid dienone is 1. The van der Waals surface area contributed by atoms with Crippen molar-refractivity contribution in [1.29, 1.82) is 5.26 Å². The van der Waals surface area contributed by atoms with E-state index in [0.717, 1.165) is 17.7 Å². The molecule has 0 spiro atoms. The number of aromatic nitrogens is 2. The van der Waals surface area contributed by atoms with Gasteiger partial charge < -0.3 is 15.0 Å². The molecule has 11 heteroatoms. The van der Waals surface area contributed by atoms with Crippen molar-refractivity contribution >= 4 is 22.8 Å². The first-order chi connectivity index (χ1) is 17.0. The molecule has 1 aromatic heterocycles. The van der Waals surface area contributed by atoms with E-state index in [0.29, 0.717) is 0 Å². The van der Waals surface area contributed by atoms with Crippen LogP contribution in [-0.2, 0) is 33.5 Å². The molecule has 1 heterocycles. The molecule has 0 atom stereocenters. The van der Waals surface area contributed by atoms with Gasteiger partial charge >= 0.3 is 12.1 Å². The number of ether oxygens (including phenoxy) is 1. The number of hydrogen-bond donors (Lipinski definition) is 1. The van der Waals surface area contributed by atoms with E-state index in [9.17, 15) is 27.6 Å². The number of ketones is 1. The number of carbonyl (C=O) groups excluding carboxylic acids is 2. The van der Waals surface area contributed by atoms with Gasteiger partial charge in [0.25, 0.3) is 5.56 Å². The molecule has 0 unspecified atom stereocenters. The van der Waals surface area contributed by atoms with Crippen molar-refractivity contribution in [3.05, 3.63) is 87.0 Å². The van der Waals surface area contributed by atoms with Crippen molar-refractivity contribution in [1.82, 2.24) is 9.55 Å². The van der Waals surface area contributed by atoms with Gasteiger partial charge in [0.1, 0.15) is 17.3 Å². The number of benzene rings is 2. The lowest BCUT2D eigenvalue weighted by Crippen LogP contribution is -2.27. The van der Waals surface area contributed by atoms with E-state index in [1.165, 1.54) is 17.6 Å². The molecule has 0 aliphatic rings. The van der Waals surface area contributed by atoms with Gasteiger partial charge in [-0.2, -0.15) is 18.4 Å². The van der Waals surface area contributed by atoms with Gasteiger partial charge in [0.2, 0.25) is 5.78 Å². The van der Waals surface area contributed by atoms with Gasteiger partial charge in [0.15, 0.2) is 6.61 Å². The van der Waals surface area contributed by atoms with E-state index >= 15 is 0 Å². The van der Waals surface area contributed by atoms with Gasteiger partial charge in [-0.1, -0.05) is 30.3 Å². The van der Waals surface area contributed by atoms with Crippen molar-refractivity contribution in [2.24, 2.45) is 5.73 Å². The van der Waals surface area contributed by atoms with Crippen LogP contribution in [0.4, 0.5) is 13.2 Å². The fourth-order valence-electron chi connectivity index (χ4n) is 3.44. The largest absolute Gasteiger partial charge is 0.457 e. The topological polar surface area (TPSA) is 128 Å². The summed E-state index contributed by atoms with van der Waals surface area (Å²) in [5, 5.41) is 8.94. The van der Waals surface area contributed by atoms with Crippen molar-refractivity contribution < 1.29 is 27.5 Å². The highest BCUT2D eigenvalue weighted by molar-refractivity contribution is 6.01. The maximum atomic E-state index is 13.3. The van der Waals surface area contributed by atoms with E-state index in [-0.39, 0.29) is 47.4 Å². The van der Waals surface area contributed by atoms with E-state index < -0.39 is 35.7 Å². The van der Waals surface area contributed by atoms with E-state index in [4.69, 9.17) is 15.7 Å². The van der Waals surface area contributed by atoms with Crippen LogP contribution in [-0.4, -0.2) is 27.9 Å². The van der Waals surface area contributed by atoms with Crippen molar-refractivity contribution in [3.8, 4) is 6.07 Å². The lowest BCUT2D eigenvalue weighted by atomic mass is 10.1. The molecule has 2 aromatic carbocycles. The standard InChI is InChI=1S/C25H21F3N4O4/c1-15(30)18(12-29)22(33)14-36-23(34)10-8-19-24(35)32(13-16-5-3-2-4-6-16)21-9-7-17(25(26,27)28)11-20(21)31-19/h2-7,9,11H,8,10,13-14,30H2,1H3/b18-15+. The third-order valence-corrected chi connectivity index (χ3v) is 5.24. The van der Waals surface area contributed by atoms with Gasteiger partial charge in [0.05, 0.1) is 29.6 Å². The summed E-state index contributed by atoms with van der Waals surface area (Å²) < 4.78 is 46.0. The van der Waals surface area contributed by atoms with E-state index in [2.05, 4.69) is 4.98 Å². The lowest BCUT2D eigenvalue weighted by molar-refractivity contribution is -0.147. The first-order valence-corrected chi connectivity index (χ1v) is 10.7. The number of halogens is 3. The molecule has 8 nitrogen and oxygen atoms in total. The molecular formula is C25H21F3N4O4. The number of carbonyl (C=O) groups is 2. The predicted octanol–water partition coefficient (Wildman–Crippen LogP) is 3.26. The molecule has 0 radical (unpaired) electrons. The Bertz CT molecular complexity index is 1430. The number of esters is 1. The Morgan fingerprint density at radius 3 is 2.47 bits per heavy atom. The zero-order chi connectivity index (χ0) is 26.5. The molecule has 2 N–H and O–H groups in total. The Kier molecular flexibility index (Phi) is 7.89. The molecule has 186 valence electrons. The monoisotopic (exact) mass is 498 g/mol. The molecule has 3 aromatic rings. The summed E-state index contributed by atoms with van der Waals surface area (Å²) >= 11 is 0. The van der Waals surface area contributed by atoms with Gasteiger partial charge in [-0.05, 0) is 30.7 Å². The van der Waals surface area contributed by atoms with Crippen LogP contribution in [0.3, 0.4) is 0 Å². The molecule has 0 saturated carbocycles. The summed E-state index contributed by atoms with van der Waals surface area (Å²) in [6.07, 6.45) is -5.20. The number of nitrogens with two attached hydrogens (primary N) is 1. The van der Waals surface area contributed by atoms with Crippen LogP contribution < -0.4 is 11.3 Å². The quantitative estimate of drug-likeness (QED) is 0.287. The summed E-state index contributed by atoms with van der Waals surface area (Å²) in [6.45, 7) is 0.723. The normalized spacial score (nSPS) is 12.1. The fourth-order valence-corrected chi connectivity index (χ4v) is 3.44. The van der Waals surface area contributed by atoms with Crippen LogP contribution in [0.5, 0.6) is 0 Å². The van der Waals surface area contributed by atoms with Gasteiger partial charge in [0, 0.05) is 12.1 Å². The minimum Gasteiger partial charge on any atom is -0.457 e. The van der Waals surface area contributed by atoms with Crippen LogP contribution in [0.25, 0.3) is 11.0 Å². The summed E-state index contributed by atoms with van der Waals surface area (Å²) in [4.78, 5) is 41.4. The minimum atomic E-state index is -4.61. The Morgan fingerprint density at radius 2 is 1.86 bits per heavy atom. The number of Topliss-reactive ketones (excluding diaryl/α,β-unsaturated/α-hetero) is 1. The van der Waals surface area contributed by atoms with Gasteiger partial charge in [-0.15, -0.1) is 0 Å². The van der Waals surface area contributed by atoms with Crippen LogP contribution in [0.15, 0.2) is 64.6 Å². The van der Waals surface area contributed by atoms with Crippen LogP contribution >= 0.6 is 0 Å². The molecule has 0 aliphatic heterocycles. The predicted molar refractivity (Wildman–Crippen MR) is 123 cm³/mol. The second-order valence-electron chi connectivity index (χ2n) is 7.89. The van der Waals surface area contributed by atoms with Gasteiger partial charge in [-0.25, -0.2) is 4.98 Å².